The molecule has 2 N–H and O–H groups in total. The number of anilines is 3. The summed E-state index contributed by atoms with van der Waals surface area (Å²) in [5, 5.41) is 16.4. The van der Waals surface area contributed by atoms with Gasteiger partial charge in [-0.3, -0.25) is 0 Å². The average molecular weight is 532 g/mol. The Morgan fingerprint density at radius 1 is 1.29 bits per heavy atom. The summed E-state index contributed by atoms with van der Waals surface area (Å²) < 4.78 is 28.4. The summed E-state index contributed by atoms with van der Waals surface area (Å²) in [7, 11) is -0.168. The van der Waals surface area contributed by atoms with Crippen LogP contribution in [-0.4, -0.2) is 75.7 Å². The molecule has 0 aliphatic carbocycles. The van der Waals surface area contributed by atoms with Crippen LogP contribution in [0.3, 0.4) is 0 Å². The molecular weight excluding hydrogens is 505 g/mol. The number of methoxy groups -OCH3 is 1. The van der Waals surface area contributed by atoms with Crippen molar-refractivity contribution in [1.29, 1.82) is 5.26 Å². The number of benzene rings is 1. The molecule has 2 aromatic heterocycles. The molecule has 0 spiro atoms. The van der Waals surface area contributed by atoms with Crippen LogP contribution in [0, 0.1) is 11.3 Å². The zero-order chi connectivity index (χ0) is 27.3. The average Bonchev–Trinajstić information content (AvgIpc) is 3.18. The van der Waals surface area contributed by atoms with E-state index in [9.17, 15) is 18.5 Å². The highest BCUT2D eigenvalue weighted by Gasteiger charge is 2.40. The zero-order valence-electron chi connectivity index (χ0n) is 21.3. The van der Waals surface area contributed by atoms with Crippen molar-refractivity contribution < 1.29 is 17.9 Å². The predicted molar refractivity (Wildman–Crippen MR) is 146 cm³/mol. The van der Waals surface area contributed by atoms with Gasteiger partial charge in [-0.25, -0.2) is 23.4 Å². The van der Waals surface area contributed by atoms with E-state index in [1.165, 1.54) is 20.8 Å². The topological polar surface area (TPSA) is 150 Å². The van der Waals surface area contributed by atoms with Gasteiger partial charge in [0.1, 0.15) is 27.8 Å². The number of hydrogen-bond donors (Lipinski definition) is 2. The second-order valence-corrected chi connectivity index (χ2v) is 11.5. The fourth-order valence-corrected chi connectivity index (χ4v) is 5.01. The number of fused-ring (bicyclic) bond motifs is 1. The van der Waals surface area contributed by atoms with Gasteiger partial charge in [0.25, 0.3) is 0 Å². The predicted octanol–water partition coefficient (Wildman–Crippen LogP) is 1.68. The number of nitrogens with zero attached hydrogens (tertiary/aromatic N) is 5. The monoisotopic (exact) mass is 532 g/mol. The van der Waals surface area contributed by atoms with Gasteiger partial charge in [-0.15, -0.1) is 0 Å². The third-order valence-corrected chi connectivity index (χ3v) is 7.20. The summed E-state index contributed by atoms with van der Waals surface area (Å²) in [6.45, 7) is 3.21. The Hall–Kier alpha value is -4.02. The number of sulfone groups is 1. The molecule has 0 amide bonds. The maximum atomic E-state index is 11.6. The molecule has 13 heteroatoms. The molecule has 195 valence electrons. The van der Waals surface area contributed by atoms with Gasteiger partial charge in [-0.2, -0.15) is 5.26 Å². The van der Waals surface area contributed by atoms with Crippen LogP contribution in [0.1, 0.15) is 18.1 Å². The highest BCUT2D eigenvalue weighted by atomic mass is 32.2. The third-order valence-electron chi connectivity index (χ3n) is 6.26. The van der Waals surface area contributed by atoms with Crippen molar-refractivity contribution in [3.8, 4) is 23.2 Å². The van der Waals surface area contributed by atoms with Crippen molar-refractivity contribution in [3.05, 3.63) is 53.9 Å². The van der Waals surface area contributed by atoms with Crippen LogP contribution in [0.5, 0.6) is 5.88 Å². The van der Waals surface area contributed by atoms with Gasteiger partial charge >= 0.3 is 7.41 Å². The third kappa shape index (κ3) is 5.93. The van der Waals surface area contributed by atoms with E-state index in [0.717, 1.165) is 5.56 Å². The molecule has 3 heterocycles. The Balaban J connectivity index is 1.70. The first-order valence-corrected chi connectivity index (χ1v) is 13.9. The molecular formula is C25H27BN7O4S. The first kappa shape index (κ1) is 27.0. The molecule has 0 fully saturated rings. The number of carbonyl (C=O) groups excluding carboxylic acids is 1. The van der Waals surface area contributed by atoms with Crippen molar-refractivity contribution in [1.82, 2.24) is 20.3 Å². The fraction of sp³-hybridized carbons (Fsp3) is 0.320. The molecule has 1 radical (unpaired) electrons. The number of nitriles is 1. The molecule has 0 bridgehead atoms. The number of ether oxygens (including phenoxy) is 1. The Bertz CT molecular complexity index is 1500. The van der Waals surface area contributed by atoms with Crippen LogP contribution in [-0.2, 0) is 20.0 Å². The van der Waals surface area contributed by atoms with Gasteiger partial charge < -0.3 is 25.0 Å². The maximum Gasteiger partial charge on any atom is 0.329 e. The van der Waals surface area contributed by atoms with E-state index in [-0.39, 0.29) is 5.75 Å². The molecule has 0 saturated heterocycles. The molecule has 1 atom stereocenters. The summed E-state index contributed by atoms with van der Waals surface area (Å²) in [6, 6.07) is 11.3. The Labute approximate surface area is 222 Å². The van der Waals surface area contributed by atoms with Gasteiger partial charge in [-0.1, -0.05) is 6.92 Å². The van der Waals surface area contributed by atoms with E-state index >= 15 is 0 Å². The lowest BCUT2D eigenvalue weighted by atomic mass is 9.82. The van der Waals surface area contributed by atoms with E-state index < -0.39 is 15.3 Å². The number of hydrogen-bond acceptors (Lipinski definition) is 11. The Kier molecular flexibility index (Phi) is 7.94. The second kappa shape index (κ2) is 11.2. The van der Waals surface area contributed by atoms with E-state index in [1.54, 1.807) is 41.5 Å². The number of carbonyl (C=O) groups is 1. The normalized spacial score (nSPS) is 16.4. The Morgan fingerprint density at radius 3 is 2.82 bits per heavy atom. The van der Waals surface area contributed by atoms with Crippen molar-refractivity contribution >= 4 is 40.8 Å². The van der Waals surface area contributed by atoms with E-state index in [2.05, 4.69) is 31.7 Å². The number of aromatic nitrogens is 3. The van der Waals surface area contributed by atoms with Gasteiger partial charge in [0.15, 0.2) is 0 Å². The second-order valence-electron chi connectivity index (χ2n) is 9.26. The minimum Gasteiger partial charge on any atom is -0.480 e. The van der Waals surface area contributed by atoms with Gasteiger partial charge in [-0.05, 0) is 35.9 Å². The molecule has 1 aliphatic rings. The lowest BCUT2D eigenvalue weighted by Gasteiger charge is -2.26. The number of rotatable bonds is 11. The van der Waals surface area contributed by atoms with Crippen molar-refractivity contribution in [2.45, 2.75) is 12.3 Å². The van der Waals surface area contributed by atoms with Crippen LogP contribution < -0.4 is 20.2 Å². The summed E-state index contributed by atoms with van der Waals surface area (Å²) in [6.07, 6.45) is 5.12. The van der Waals surface area contributed by atoms with E-state index in [0.29, 0.717) is 65.8 Å². The first-order valence-electron chi connectivity index (χ1n) is 11.8. The molecule has 1 aliphatic heterocycles. The summed E-state index contributed by atoms with van der Waals surface area (Å²) in [4.78, 5) is 26.3. The van der Waals surface area contributed by atoms with E-state index in [4.69, 9.17) is 4.74 Å². The van der Waals surface area contributed by atoms with Crippen LogP contribution in [0.2, 0.25) is 0 Å². The number of nitrogens with one attached hydrogen (secondary N) is 2. The lowest BCUT2D eigenvalue weighted by molar-refractivity contribution is 0.400. The molecule has 1 aromatic carbocycles. The smallest absolute Gasteiger partial charge is 0.329 e. The Morgan fingerprint density at radius 2 is 2.11 bits per heavy atom. The number of pyridine rings is 1. The molecule has 38 heavy (non-hydrogen) atoms. The van der Waals surface area contributed by atoms with Gasteiger partial charge in [0, 0.05) is 54.9 Å². The highest BCUT2D eigenvalue weighted by Crippen LogP contribution is 2.44. The van der Waals surface area contributed by atoms with Gasteiger partial charge in [0.05, 0.1) is 24.1 Å². The molecule has 3 aromatic rings. The largest absolute Gasteiger partial charge is 0.480 e. The molecule has 0 saturated carbocycles. The standard InChI is InChI=1S/C25H27BN7O4S/c1-25(14-28-9-10-38(3,35)36)15-33(26-16-34)22-18(13-27)11-17(12-19(22)25)20-6-8-30-24(31-20)32-21-5-4-7-29-23(21)37-2/h4-8,11-12,16,28H,9-10,14-15H2,1-3H3,(H,30,31,32). The molecule has 11 nitrogen and oxygen atoms in total. The SMILES string of the molecule is COc1ncccc1Nc1nccc(-c2cc(C#N)c3c(c2)C(C)(CNCCS(C)(=O)=O)CN3[B]C=O)n1. The van der Waals surface area contributed by atoms with Crippen molar-refractivity contribution in [3.63, 3.8) is 0 Å². The van der Waals surface area contributed by atoms with Crippen LogP contribution in [0.4, 0.5) is 17.3 Å². The minimum absolute atomic E-state index is 0.0159. The van der Waals surface area contributed by atoms with Crippen LogP contribution in [0.25, 0.3) is 11.3 Å². The molecule has 1 unspecified atom stereocenters. The van der Waals surface area contributed by atoms with Gasteiger partial charge in [0.2, 0.25) is 11.8 Å². The summed E-state index contributed by atoms with van der Waals surface area (Å²) in [5.41, 5.74) is 3.31. The van der Waals surface area contributed by atoms with Crippen LogP contribution >= 0.6 is 0 Å². The maximum absolute atomic E-state index is 11.6. The van der Waals surface area contributed by atoms with Crippen LogP contribution in [0.15, 0.2) is 42.7 Å². The first-order chi connectivity index (χ1) is 18.2. The lowest BCUT2D eigenvalue weighted by Crippen LogP contribution is -2.42. The summed E-state index contributed by atoms with van der Waals surface area (Å²) >= 11 is 0. The highest BCUT2D eigenvalue weighted by molar-refractivity contribution is 7.90. The zero-order valence-corrected chi connectivity index (χ0v) is 22.1. The van der Waals surface area contributed by atoms with Crippen molar-refractivity contribution in [2.24, 2.45) is 0 Å². The summed E-state index contributed by atoms with van der Waals surface area (Å²) in [5.74, 6) is 0.743. The minimum atomic E-state index is -3.10. The van der Waals surface area contributed by atoms with E-state index in [1.807, 2.05) is 13.0 Å². The van der Waals surface area contributed by atoms with Crippen molar-refractivity contribution in [2.75, 3.05) is 48.9 Å². The quantitative estimate of drug-likeness (QED) is 0.211. The fourth-order valence-electron chi connectivity index (χ4n) is 4.50. The molecule has 4 rings (SSSR count).